The summed E-state index contributed by atoms with van der Waals surface area (Å²) in [5, 5.41) is 12.5. The van der Waals surface area contributed by atoms with E-state index in [0.29, 0.717) is 0 Å². The lowest BCUT2D eigenvalue weighted by atomic mass is 10.00. The summed E-state index contributed by atoms with van der Waals surface area (Å²) in [7, 11) is 0. The predicted molar refractivity (Wildman–Crippen MR) is 250 cm³/mol. The fourth-order valence-electron chi connectivity index (χ4n) is 10.0. The second-order valence-electron chi connectivity index (χ2n) is 15.7. The summed E-state index contributed by atoms with van der Waals surface area (Å²) < 4.78 is 7.36. The van der Waals surface area contributed by atoms with E-state index in [2.05, 4.69) is 226 Å². The molecule has 13 rings (SSSR count). The zero-order valence-electron chi connectivity index (χ0n) is 32.0. The Labute approximate surface area is 339 Å². The van der Waals surface area contributed by atoms with Crippen LogP contribution < -0.4 is 0 Å². The van der Waals surface area contributed by atoms with Crippen LogP contribution in [0.4, 0.5) is 0 Å². The molecule has 0 spiro atoms. The molecule has 13 aromatic rings. The van der Waals surface area contributed by atoms with E-state index in [4.69, 9.17) is 0 Å². The molecule has 0 saturated carbocycles. The highest BCUT2D eigenvalue weighted by atomic mass is 15.0. The zero-order chi connectivity index (χ0) is 38.6. The van der Waals surface area contributed by atoms with Gasteiger partial charge in [-0.25, -0.2) is 0 Å². The van der Waals surface area contributed by atoms with E-state index in [-0.39, 0.29) is 0 Å². The van der Waals surface area contributed by atoms with Gasteiger partial charge >= 0.3 is 0 Å². The van der Waals surface area contributed by atoms with Crippen molar-refractivity contribution in [3.05, 3.63) is 212 Å². The lowest BCUT2D eigenvalue weighted by Gasteiger charge is -2.15. The van der Waals surface area contributed by atoms with Gasteiger partial charge in [-0.1, -0.05) is 146 Å². The highest BCUT2D eigenvalue weighted by Crippen LogP contribution is 2.42. The van der Waals surface area contributed by atoms with Gasteiger partial charge in [-0.15, -0.1) is 0 Å². The maximum atomic E-state index is 2.50. The SMILES string of the molecule is c1ccc(-n2c3ccccc3c3ccc(-c4cccc(-n5c6ccccc6c6cc7c8ccccc8n(-c8cc9ccccc9c9ccccc89)c7cc65)c4)cc32)cc1. The second kappa shape index (κ2) is 12.3. The zero-order valence-corrected chi connectivity index (χ0v) is 32.0. The van der Waals surface area contributed by atoms with Crippen LogP contribution in [-0.4, -0.2) is 13.7 Å². The van der Waals surface area contributed by atoms with Crippen LogP contribution in [0.1, 0.15) is 0 Å². The minimum Gasteiger partial charge on any atom is -0.309 e. The van der Waals surface area contributed by atoms with Crippen molar-refractivity contribution in [1.82, 2.24) is 13.7 Å². The van der Waals surface area contributed by atoms with Crippen LogP contribution in [0.3, 0.4) is 0 Å². The first-order valence-electron chi connectivity index (χ1n) is 20.4. The third-order valence-corrected chi connectivity index (χ3v) is 12.6. The van der Waals surface area contributed by atoms with Crippen molar-refractivity contribution < 1.29 is 0 Å². The van der Waals surface area contributed by atoms with E-state index >= 15 is 0 Å². The Kier molecular flexibility index (Phi) is 6.72. The summed E-state index contributed by atoms with van der Waals surface area (Å²) >= 11 is 0. The number of rotatable bonds is 4. The standard InChI is InChI=1S/C56H35N3/c1-2-17-39(18-3-1)57-50-26-11-8-23-44(50)47-30-29-37(32-53(47)57)36-16-14-19-40(31-36)58-51-27-12-9-24-45(51)48-34-49-46-25-10-13-28-52(46)59(56(49)35-55(48)58)54-33-38-15-4-5-20-41(38)42-21-6-7-22-43(42)54/h1-35H. The largest absolute Gasteiger partial charge is 0.309 e. The summed E-state index contributed by atoms with van der Waals surface area (Å²) in [5.41, 5.74) is 13.0. The molecule has 0 aliphatic heterocycles. The fourth-order valence-corrected chi connectivity index (χ4v) is 10.0. The average Bonchev–Trinajstić information content (AvgIpc) is 3.93. The molecule has 0 bridgehead atoms. The molecule has 0 aliphatic rings. The molecular formula is C56H35N3. The molecule has 3 aromatic heterocycles. The van der Waals surface area contributed by atoms with Crippen LogP contribution >= 0.6 is 0 Å². The first kappa shape index (κ1) is 32.2. The maximum Gasteiger partial charge on any atom is 0.0562 e. The maximum absolute atomic E-state index is 2.50. The molecule has 274 valence electrons. The van der Waals surface area contributed by atoms with Crippen LogP contribution in [0.2, 0.25) is 0 Å². The van der Waals surface area contributed by atoms with Crippen molar-refractivity contribution in [3.63, 3.8) is 0 Å². The number of fused-ring (bicyclic) bond motifs is 12. The number of benzene rings is 10. The Balaban J connectivity index is 1.07. The molecule has 3 heterocycles. The molecule has 10 aromatic carbocycles. The summed E-state index contributed by atoms with van der Waals surface area (Å²) in [6.45, 7) is 0. The molecule has 0 aliphatic carbocycles. The molecule has 0 N–H and O–H groups in total. The summed E-state index contributed by atoms with van der Waals surface area (Å²) in [6.07, 6.45) is 0. The quantitative estimate of drug-likeness (QED) is 0.159. The van der Waals surface area contributed by atoms with E-state index in [1.54, 1.807) is 0 Å². The van der Waals surface area contributed by atoms with Gasteiger partial charge in [0.1, 0.15) is 0 Å². The van der Waals surface area contributed by atoms with Gasteiger partial charge in [0.05, 0.1) is 38.8 Å². The smallest absolute Gasteiger partial charge is 0.0562 e. The van der Waals surface area contributed by atoms with Crippen LogP contribution in [0.5, 0.6) is 0 Å². The van der Waals surface area contributed by atoms with Crippen molar-refractivity contribution in [3.8, 4) is 28.2 Å². The van der Waals surface area contributed by atoms with Gasteiger partial charge in [0.25, 0.3) is 0 Å². The third-order valence-electron chi connectivity index (χ3n) is 12.6. The third kappa shape index (κ3) is 4.64. The topological polar surface area (TPSA) is 14.8 Å². The molecule has 0 fully saturated rings. The molecular weight excluding hydrogens is 715 g/mol. The molecule has 3 nitrogen and oxygen atoms in total. The number of hydrogen-bond donors (Lipinski definition) is 0. The van der Waals surface area contributed by atoms with Crippen molar-refractivity contribution >= 4 is 87.0 Å². The van der Waals surface area contributed by atoms with E-state index in [1.807, 2.05) is 0 Å². The van der Waals surface area contributed by atoms with Gasteiger partial charge in [-0.2, -0.15) is 0 Å². The summed E-state index contributed by atoms with van der Waals surface area (Å²) in [6, 6.07) is 78.1. The Hall–Kier alpha value is -7.88. The summed E-state index contributed by atoms with van der Waals surface area (Å²) in [4.78, 5) is 0. The lowest BCUT2D eigenvalue weighted by Crippen LogP contribution is -1.97. The van der Waals surface area contributed by atoms with Gasteiger partial charge < -0.3 is 13.7 Å². The number of para-hydroxylation sites is 4. The van der Waals surface area contributed by atoms with Crippen LogP contribution in [-0.2, 0) is 0 Å². The van der Waals surface area contributed by atoms with Crippen LogP contribution in [0.15, 0.2) is 212 Å². The highest BCUT2D eigenvalue weighted by Gasteiger charge is 2.21. The van der Waals surface area contributed by atoms with Crippen molar-refractivity contribution in [2.24, 2.45) is 0 Å². The molecule has 59 heavy (non-hydrogen) atoms. The summed E-state index contributed by atoms with van der Waals surface area (Å²) in [5.74, 6) is 0. The van der Waals surface area contributed by atoms with Crippen LogP contribution in [0.25, 0.3) is 115 Å². The molecule has 0 saturated heterocycles. The van der Waals surface area contributed by atoms with E-state index < -0.39 is 0 Å². The Morgan fingerprint density at radius 2 is 0.712 bits per heavy atom. The van der Waals surface area contributed by atoms with E-state index in [0.717, 1.165) is 11.4 Å². The second-order valence-corrected chi connectivity index (χ2v) is 15.7. The first-order valence-corrected chi connectivity index (χ1v) is 20.4. The van der Waals surface area contributed by atoms with E-state index in [9.17, 15) is 0 Å². The molecule has 0 radical (unpaired) electrons. The Morgan fingerprint density at radius 1 is 0.220 bits per heavy atom. The van der Waals surface area contributed by atoms with Crippen molar-refractivity contribution in [1.29, 1.82) is 0 Å². The van der Waals surface area contributed by atoms with E-state index in [1.165, 1.54) is 104 Å². The Bertz CT molecular complexity index is 3840. The first-order chi connectivity index (χ1) is 29.3. The molecule has 0 unspecified atom stereocenters. The average molecular weight is 750 g/mol. The van der Waals surface area contributed by atoms with Gasteiger partial charge in [-0.05, 0) is 94.0 Å². The van der Waals surface area contributed by atoms with Crippen LogP contribution in [0, 0.1) is 0 Å². The fraction of sp³-hybridized carbons (Fsp3) is 0. The van der Waals surface area contributed by atoms with Gasteiger partial charge in [0, 0.05) is 49.1 Å². The molecule has 3 heteroatoms. The van der Waals surface area contributed by atoms with Gasteiger partial charge in [0.2, 0.25) is 0 Å². The van der Waals surface area contributed by atoms with Crippen molar-refractivity contribution in [2.45, 2.75) is 0 Å². The lowest BCUT2D eigenvalue weighted by molar-refractivity contribution is 1.17. The highest BCUT2D eigenvalue weighted by molar-refractivity contribution is 6.21. The normalized spacial score (nSPS) is 12.1. The van der Waals surface area contributed by atoms with Gasteiger partial charge in [0.15, 0.2) is 0 Å². The monoisotopic (exact) mass is 749 g/mol. The molecule has 0 atom stereocenters. The number of aromatic nitrogens is 3. The van der Waals surface area contributed by atoms with Crippen molar-refractivity contribution in [2.75, 3.05) is 0 Å². The van der Waals surface area contributed by atoms with Gasteiger partial charge in [-0.3, -0.25) is 0 Å². The predicted octanol–water partition coefficient (Wildman–Crippen LogP) is 15.0. The Morgan fingerprint density at radius 3 is 1.44 bits per heavy atom. The molecule has 0 amide bonds. The number of nitrogens with zero attached hydrogens (tertiary/aromatic N) is 3. The number of hydrogen-bond acceptors (Lipinski definition) is 0. The minimum absolute atomic E-state index is 1.13. The minimum atomic E-state index is 1.13.